The Kier molecular flexibility index (Phi) is 6.15. The second-order valence-electron chi connectivity index (χ2n) is 7.75. The average molecular weight is 442 g/mol. The largest absolute Gasteiger partial charge is 0.383 e. The minimum absolute atomic E-state index is 0.0426. The lowest BCUT2D eigenvalue weighted by Crippen LogP contribution is -2.42. The fraction of sp³-hybridized carbons (Fsp3) is 0.333. The molecule has 9 nitrogen and oxygen atoms in total. The SMILES string of the molecule is Cn1ncc(-c2ccnc(NC3CCC(NC(=O)Nc4ccc(F)cc4F)CC3)n2)c1N. The first-order chi connectivity index (χ1) is 15.4. The van der Waals surface area contributed by atoms with Crippen LogP contribution in [0.4, 0.5) is 31.0 Å². The third-order valence-electron chi connectivity index (χ3n) is 5.49. The molecule has 0 saturated heterocycles. The molecule has 1 aliphatic carbocycles. The number of carbonyl (C=O) groups excluding carboxylic acids is 1. The van der Waals surface area contributed by atoms with Gasteiger partial charge in [-0.25, -0.2) is 23.5 Å². The Morgan fingerprint density at radius 2 is 1.91 bits per heavy atom. The van der Waals surface area contributed by atoms with Crippen molar-refractivity contribution in [2.24, 2.45) is 7.05 Å². The van der Waals surface area contributed by atoms with E-state index in [-0.39, 0.29) is 17.8 Å². The van der Waals surface area contributed by atoms with E-state index in [4.69, 9.17) is 5.73 Å². The molecule has 3 aromatic rings. The molecule has 0 atom stereocenters. The normalized spacial score (nSPS) is 18.2. The van der Waals surface area contributed by atoms with Crippen LogP contribution in [-0.2, 0) is 7.05 Å². The van der Waals surface area contributed by atoms with Crippen LogP contribution in [0.15, 0.2) is 36.7 Å². The molecule has 1 aromatic carbocycles. The van der Waals surface area contributed by atoms with Gasteiger partial charge in [0, 0.05) is 31.4 Å². The number of nitrogens with one attached hydrogen (secondary N) is 3. The van der Waals surface area contributed by atoms with Gasteiger partial charge in [0.2, 0.25) is 5.95 Å². The minimum atomic E-state index is -0.816. The lowest BCUT2D eigenvalue weighted by molar-refractivity contribution is 0.243. The molecule has 2 heterocycles. The van der Waals surface area contributed by atoms with Crippen molar-refractivity contribution in [2.45, 2.75) is 37.8 Å². The highest BCUT2D eigenvalue weighted by Gasteiger charge is 2.23. The number of carbonyl (C=O) groups is 1. The Morgan fingerprint density at radius 3 is 2.59 bits per heavy atom. The van der Waals surface area contributed by atoms with Crippen LogP contribution in [0.1, 0.15) is 25.7 Å². The predicted octanol–water partition coefficient (Wildman–Crippen LogP) is 3.28. The van der Waals surface area contributed by atoms with Gasteiger partial charge in [0.15, 0.2) is 0 Å². The molecule has 168 valence electrons. The van der Waals surface area contributed by atoms with Crippen molar-refractivity contribution >= 4 is 23.5 Å². The second kappa shape index (κ2) is 9.16. The number of rotatable bonds is 5. The molecule has 4 rings (SSSR count). The summed E-state index contributed by atoms with van der Waals surface area (Å²) in [5.41, 5.74) is 7.40. The number of nitrogens with zero attached hydrogens (tertiary/aromatic N) is 4. The first-order valence-corrected chi connectivity index (χ1v) is 10.3. The van der Waals surface area contributed by atoms with Gasteiger partial charge in [-0.05, 0) is 43.9 Å². The molecule has 2 amide bonds. The van der Waals surface area contributed by atoms with E-state index in [1.165, 1.54) is 6.07 Å². The standard InChI is InChI=1S/C21H24F2N8O/c1-31-19(24)15(11-26-31)17-8-9-25-20(29-17)27-13-3-5-14(6-4-13)28-21(32)30-18-7-2-12(22)10-16(18)23/h2,7-11,13-14H,3-6,24H2,1H3,(H,25,27,29)(H2,28,30,32). The van der Waals surface area contributed by atoms with E-state index >= 15 is 0 Å². The predicted molar refractivity (Wildman–Crippen MR) is 117 cm³/mol. The minimum Gasteiger partial charge on any atom is -0.383 e. The summed E-state index contributed by atoms with van der Waals surface area (Å²) < 4.78 is 28.3. The number of hydrogen-bond acceptors (Lipinski definition) is 6. The van der Waals surface area contributed by atoms with Gasteiger partial charge in [-0.1, -0.05) is 0 Å². The lowest BCUT2D eigenvalue weighted by Gasteiger charge is -2.29. The number of nitrogen functional groups attached to an aromatic ring is 1. The van der Waals surface area contributed by atoms with Gasteiger partial charge >= 0.3 is 6.03 Å². The van der Waals surface area contributed by atoms with Crippen LogP contribution in [-0.4, -0.2) is 37.9 Å². The van der Waals surface area contributed by atoms with E-state index in [0.29, 0.717) is 17.5 Å². The van der Waals surface area contributed by atoms with Crippen LogP contribution >= 0.6 is 0 Å². The van der Waals surface area contributed by atoms with Gasteiger partial charge < -0.3 is 21.7 Å². The number of nitrogens with two attached hydrogens (primary N) is 1. The van der Waals surface area contributed by atoms with Crippen molar-refractivity contribution in [2.75, 3.05) is 16.4 Å². The van der Waals surface area contributed by atoms with Crippen LogP contribution in [0.25, 0.3) is 11.3 Å². The van der Waals surface area contributed by atoms with Gasteiger partial charge in [0.1, 0.15) is 17.5 Å². The maximum absolute atomic E-state index is 13.7. The monoisotopic (exact) mass is 442 g/mol. The Bertz CT molecular complexity index is 1110. The number of aromatic nitrogens is 4. The summed E-state index contributed by atoms with van der Waals surface area (Å²) in [5, 5.41) is 12.7. The first kappa shape index (κ1) is 21.5. The fourth-order valence-electron chi connectivity index (χ4n) is 3.72. The van der Waals surface area contributed by atoms with Crippen molar-refractivity contribution in [1.29, 1.82) is 0 Å². The van der Waals surface area contributed by atoms with Gasteiger partial charge in [0.05, 0.1) is 23.1 Å². The van der Waals surface area contributed by atoms with Crippen molar-refractivity contribution < 1.29 is 13.6 Å². The van der Waals surface area contributed by atoms with Gasteiger partial charge in [-0.2, -0.15) is 5.10 Å². The third kappa shape index (κ3) is 4.93. The molecule has 2 aromatic heterocycles. The molecule has 1 fully saturated rings. The van der Waals surface area contributed by atoms with E-state index in [2.05, 4.69) is 31.0 Å². The van der Waals surface area contributed by atoms with E-state index in [0.717, 1.165) is 43.4 Å². The zero-order valence-electron chi connectivity index (χ0n) is 17.5. The van der Waals surface area contributed by atoms with E-state index < -0.39 is 17.7 Å². The number of halogens is 2. The molecule has 11 heteroatoms. The van der Waals surface area contributed by atoms with Crippen molar-refractivity contribution in [3.05, 3.63) is 48.3 Å². The third-order valence-corrected chi connectivity index (χ3v) is 5.49. The van der Waals surface area contributed by atoms with Crippen LogP contribution < -0.4 is 21.7 Å². The highest BCUT2D eigenvalue weighted by atomic mass is 19.1. The van der Waals surface area contributed by atoms with E-state index in [1.54, 1.807) is 30.2 Å². The molecule has 5 N–H and O–H groups in total. The van der Waals surface area contributed by atoms with Gasteiger partial charge in [0.25, 0.3) is 0 Å². The Morgan fingerprint density at radius 1 is 1.16 bits per heavy atom. The summed E-state index contributed by atoms with van der Waals surface area (Å²) in [4.78, 5) is 21.0. The summed E-state index contributed by atoms with van der Waals surface area (Å²) in [6.45, 7) is 0. The summed E-state index contributed by atoms with van der Waals surface area (Å²) in [7, 11) is 1.77. The molecular weight excluding hydrogens is 418 g/mol. The molecule has 0 aliphatic heterocycles. The highest BCUT2D eigenvalue weighted by Crippen LogP contribution is 2.25. The zero-order valence-corrected chi connectivity index (χ0v) is 17.5. The molecule has 1 aliphatic rings. The van der Waals surface area contributed by atoms with Crippen molar-refractivity contribution in [1.82, 2.24) is 25.1 Å². The van der Waals surface area contributed by atoms with Crippen LogP contribution in [0.3, 0.4) is 0 Å². The van der Waals surface area contributed by atoms with Crippen LogP contribution in [0.5, 0.6) is 0 Å². The quantitative estimate of drug-likeness (QED) is 0.481. The van der Waals surface area contributed by atoms with Crippen LogP contribution in [0.2, 0.25) is 0 Å². The summed E-state index contributed by atoms with van der Waals surface area (Å²) in [6, 6.07) is 4.39. The smallest absolute Gasteiger partial charge is 0.319 e. The summed E-state index contributed by atoms with van der Waals surface area (Å²) in [6.07, 6.45) is 6.43. The lowest BCUT2D eigenvalue weighted by atomic mass is 9.91. The Hall–Kier alpha value is -3.76. The Labute approximate surface area is 183 Å². The molecule has 0 unspecified atom stereocenters. The fourth-order valence-corrected chi connectivity index (χ4v) is 3.72. The summed E-state index contributed by atoms with van der Waals surface area (Å²) >= 11 is 0. The Balaban J connectivity index is 1.28. The molecule has 32 heavy (non-hydrogen) atoms. The zero-order chi connectivity index (χ0) is 22.7. The first-order valence-electron chi connectivity index (χ1n) is 10.3. The molecular formula is C21H24F2N8O. The number of anilines is 3. The van der Waals surface area contributed by atoms with Crippen molar-refractivity contribution in [3.8, 4) is 11.3 Å². The van der Waals surface area contributed by atoms with E-state index in [1.807, 2.05) is 0 Å². The molecule has 1 saturated carbocycles. The second-order valence-corrected chi connectivity index (χ2v) is 7.75. The molecule has 0 spiro atoms. The number of hydrogen-bond donors (Lipinski definition) is 4. The van der Waals surface area contributed by atoms with E-state index in [9.17, 15) is 13.6 Å². The molecule has 0 bridgehead atoms. The average Bonchev–Trinajstić information content (AvgIpc) is 3.10. The number of amides is 2. The number of aryl methyl sites for hydroxylation is 1. The van der Waals surface area contributed by atoms with Gasteiger partial charge in [-0.15, -0.1) is 0 Å². The maximum atomic E-state index is 13.7. The summed E-state index contributed by atoms with van der Waals surface area (Å²) in [5.74, 6) is -0.479. The van der Waals surface area contributed by atoms with Crippen molar-refractivity contribution in [3.63, 3.8) is 0 Å². The maximum Gasteiger partial charge on any atom is 0.319 e. The topological polar surface area (TPSA) is 123 Å². The van der Waals surface area contributed by atoms with Crippen LogP contribution in [0, 0.1) is 11.6 Å². The number of benzene rings is 1. The van der Waals surface area contributed by atoms with Gasteiger partial charge in [-0.3, -0.25) is 4.68 Å². The number of urea groups is 1. The molecule has 0 radical (unpaired) electrons. The highest BCUT2D eigenvalue weighted by molar-refractivity contribution is 5.89.